The molecule has 2 aromatic rings. The summed E-state index contributed by atoms with van der Waals surface area (Å²) in [4.78, 5) is 15.0. The standard InChI is InChI=1S/C18H21ClN2O/c1-20(2)11-12-21(14-22)13-15-3-5-16(6-4-15)17-7-9-18(19)10-8-17/h3-10,14H,11-13H2,1-2H3. The summed E-state index contributed by atoms with van der Waals surface area (Å²) < 4.78 is 0. The van der Waals surface area contributed by atoms with Gasteiger partial charge < -0.3 is 9.80 Å². The van der Waals surface area contributed by atoms with Crippen LogP contribution in [0.5, 0.6) is 0 Å². The molecule has 1 amide bonds. The van der Waals surface area contributed by atoms with Crippen molar-refractivity contribution in [1.29, 1.82) is 0 Å². The molecule has 22 heavy (non-hydrogen) atoms. The Kier molecular flexibility index (Phi) is 5.99. The van der Waals surface area contributed by atoms with Gasteiger partial charge in [-0.2, -0.15) is 0 Å². The van der Waals surface area contributed by atoms with Gasteiger partial charge in [0, 0.05) is 24.7 Å². The smallest absolute Gasteiger partial charge is 0.210 e. The second-order valence-corrected chi connectivity index (χ2v) is 6.02. The van der Waals surface area contributed by atoms with Gasteiger partial charge in [0.15, 0.2) is 0 Å². The molecule has 0 unspecified atom stereocenters. The quantitative estimate of drug-likeness (QED) is 0.730. The summed E-state index contributed by atoms with van der Waals surface area (Å²) in [5.41, 5.74) is 3.41. The predicted molar refractivity (Wildman–Crippen MR) is 91.9 cm³/mol. The number of benzene rings is 2. The summed E-state index contributed by atoms with van der Waals surface area (Å²) in [7, 11) is 4.01. The van der Waals surface area contributed by atoms with E-state index in [-0.39, 0.29) is 0 Å². The number of likely N-dealkylation sites (N-methyl/N-ethyl adjacent to an activating group) is 1. The van der Waals surface area contributed by atoms with E-state index in [1.54, 1.807) is 4.90 Å². The molecular weight excluding hydrogens is 296 g/mol. The molecule has 0 aliphatic rings. The topological polar surface area (TPSA) is 23.6 Å². The maximum Gasteiger partial charge on any atom is 0.210 e. The average molecular weight is 317 g/mol. The molecule has 0 saturated heterocycles. The fourth-order valence-corrected chi connectivity index (χ4v) is 2.30. The lowest BCUT2D eigenvalue weighted by atomic mass is 10.0. The van der Waals surface area contributed by atoms with Crippen molar-refractivity contribution in [2.45, 2.75) is 6.54 Å². The molecule has 0 bridgehead atoms. The van der Waals surface area contributed by atoms with Crippen LogP contribution in [0.15, 0.2) is 48.5 Å². The van der Waals surface area contributed by atoms with Gasteiger partial charge in [-0.15, -0.1) is 0 Å². The molecule has 0 saturated carbocycles. The second-order valence-electron chi connectivity index (χ2n) is 5.58. The first-order valence-electron chi connectivity index (χ1n) is 7.27. The first-order chi connectivity index (χ1) is 10.6. The number of carbonyl (C=O) groups excluding carboxylic acids is 1. The molecule has 0 N–H and O–H groups in total. The van der Waals surface area contributed by atoms with E-state index in [9.17, 15) is 4.79 Å². The average Bonchev–Trinajstić information content (AvgIpc) is 2.52. The lowest BCUT2D eigenvalue weighted by molar-refractivity contribution is -0.118. The number of rotatable bonds is 7. The Morgan fingerprint density at radius 1 is 0.909 bits per heavy atom. The Morgan fingerprint density at radius 3 is 1.95 bits per heavy atom. The minimum Gasteiger partial charge on any atom is -0.340 e. The SMILES string of the molecule is CN(C)CCN(C=O)Cc1ccc(-c2ccc(Cl)cc2)cc1. The van der Waals surface area contributed by atoms with Crippen LogP contribution in [0.2, 0.25) is 5.02 Å². The van der Waals surface area contributed by atoms with E-state index >= 15 is 0 Å². The Labute approximate surface area is 137 Å². The highest BCUT2D eigenvalue weighted by Gasteiger charge is 2.04. The number of amides is 1. The minimum absolute atomic E-state index is 0.637. The van der Waals surface area contributed by atoms with Crippen LogP contribution in [-0.4, -0.2) is 43.4 Å². The van der Waals surface area contributed by atoms with Gasteiger partial charge in [-0.1, -0.05) is 48.0 Å². The summed E-state index contributed by atoms with van der Waals surface area (Å²) in [5, 5.41) is 0.739. The first-order valence-corrected chi connectivity index (χ1v) is 7.65. The number of carbonyl (C=O) groups is 1. The molecule has 0 aliphatic carbocycles. The van der Waals surface area contributed by atoms with Crippen molar-refractivity contribution >= 4 is 18.0 Å². The van der Waals surface area contributed by atoms with Crippen LogP contribution in [0, 0.1) is 0 Å². The van der Waals surface area contributed by atoms with Crippen LogP contribution < -0.4 is 0 Å². The lowest BCUT2D eigenvalue weighted by Crippen LogP contribution is -2.30. The molecule has 3 nitrogen and oxygen atoms in total. The van der Waals surface area contributed by atoms with E-state index in [1.165, 1.54) is 0 Å². The fourth-order valence-electron chi connectivity index (χ4n) is 2.18. The maximum absolute atomic E-state index is 11.1. The van der Waals surface area contributed by atoms with Gasteiger partial charge in [0.1, 0.15) is 0 Å². The van der Waals surface area contributed by atoms with Gasteiger partial charge in [-0.25, -0.2) is 0 Å². The number of hydrogen-bond acceptors (Lipinski definition) is 2. The Morgan fingerprint density at radius 2 is 1.45 bits per heavy atom. The summed E-state index contributed by atoms with van der Waals surface area (Å²) in [6.45, 7) is 2.23. The molecule has 0 aromatic heterocycles. The first kappa shape index (κ1) is 16.5. The minimum atomic E-state index is 0.637. The third-order valence-electron chi connectivity index (χ3n) is 3.50. The monoisotopic (exact) mass is 316 g/mol. The molecule has 0 atom stereocenters. The molecule has 4 heteroatoms. The van der Waals surface area contributed by atoms with Crippen molar-refractivity contribution in [3.63, 3.8) is 0 Å². The number of halogens is 1. The van der Waals surface area contributed by atoms with Gasteiger partial charge >= 0.3 is 0 Å². The van der Waals surface area contributed by atoms with E-state index in [0.717, 1.165) is 41.2 Å². The van der Waals surface area contributed by atoms with Gasteiger partial charge in [0.05, 0.1) is 0 Å². The molecule has 0 heterocycles. The summed E-state index contributed by atoms with van der Waals surface area (Å²) >= 11 is 5.91. The number of nitrogens with zero attached hydrogens (tertiary/aromatic N) is 2. The molecule has 2 rings (SSSR count). The fraction of sp³-hybridized carbons (Fsp3) is 0.278. The normalized spacial score (nSPS) is 10.7. The van der Waals surface area contributed by atoms with Crippen molar-refractivity contribution in [3.8, 4) is 11.1 Å². The van der Waals surface area contributed by atoms with Crippen LogP contribution in [0.25, 0.3) is 11.1 Å². The van der Waals surface area contributed by atoms with Gasteiger partial charge in [0.25, 0.3) is 0 Å². The van der Waals surface area contributed by atoms with Crippen molar-refractivity contribution < 1.29 is 4.79 Å². The van der Waals surface area contributed by atoms with Gasteiger partial charge in [-0.05, 0) is 42.9 Å². The van der Waals surface area contributed by atoms with Gasteiger partial charge in [-0.3, -0.25) is 4.79 Å². The maximum atomic E-state index is 11.1. The van der Waals surface area contributed by atoms with Crippen LogP contribution >= 0.6 is 11.6 Å². The zero-order valence-corrected chi connectivity index (χ0v) is 13.8. The van der Waals surface area contributed by atoms with Crippen molar-refractivity contribution in [2.24, 2.45) is 0 Å². The Bertz CT molecular complexity index is 593. The molecule has 0 fully saturated rings. The zero-order valence-electron chi connectivity index (χ0n) is 13.0. The molecule has 0 radical (unpaired) electrons. The van der Waals surface area contributed by atoms with Crippen molar-refractivity contribution in [2.75, 3.05) is 27.2 Å². The highest BCUT2D eigenvalue weighted by Crippen LogP contribution is 2.22. The van der Waals surface area contributed by atoms with E-state index in [4.69, 9.17) is 11.6 Å². The molecule has 0 aliphatic heterocycles. The van der Waals surface area contributed by atoms with E-state index in [0.29, 0.717) is 6.54 Å². The van der Waals surface area contributed by atoms with E-state index in [1.807, 2.05) is 38.4 Å². The number of hydrogen-bond donors (Lipinski definition) is 0. The van der Waals surface area contributed by atoms with Crippen LogP contribution in [0.4, 0.5) is 0 Å². The predicted octanol–water partition coefficient (Wildman–Crippen LogP) is 3.53. The second kappa shape index (κ2) is 7.97. The highest BCUT2D eigenvalue weighted by molar-refractivity contribution is 6.30. The van der Waals surface area contributed by atoms with E-state index < -0.39 is 0 Å². The summed E-state index contributed by atoms with van der Waals surface area (Å²) in [5.74, 6) is 0. The van der Waals surface area contributed by atoms with Crippen LogP contribution in [0.3, 0.4) is 0 Å². The molecular formula is C18H21ClN2O. The third-order valence-corrected chi connectivity index (χ3v) is 3.75. The largest absolute Gasteiger partial charge is 0.340 e. The van der Waals surface area contributed by atoms with Crippen molar-refractivity contribution in [3.05, 3.63) is 59.1 Å². The summed E-state index contributed by atoms with van der Waals surface area (Å²) in [6, 6.07) is 16.1. The van der Waals surface area contributed by atoms with Crippen LogP contribution in [0.1, 0.15) is 5.56 Å². The van der Waals surface area contributed by atoms with Crippen LogP contribution in [-0.2, 0) is 11.3 Å². The Hall–Kier alpha value is -1.84. The summed E-state index contributed by atoms with van der Waals surface area (Å²) in [6.07, 6.45) is 0.913. The Balaban J connectivity index is 2.01. The van der Waals surface area contributed by atoms with Crippen molar-refractivity contribution in [1.82, 2.24) is 9.80 Å². The van der Waals surface area contributed by atoms with E-state index in [2.05, 4.69) is 29.2 Å². The molecule has 116 valence electrons. The zero-order chi connectivity index (χ0) is 15.9. The highest BCUT2D eigenvalue weighted by atomic mass is 35.5. The molecule has 2 aromatic carbocycles. The molecule has 0 spiro atoms. The lowest BCUT2D eigenvalue weighted by Gasteiger charge is -2.20. The third kappa shape index (κ3) is 4.86. The van der Waals surface area contributed by atoms with Gasteiger partial charge in [0.2, 0.25) is 6.41 Å².